The zero-order chi connectivity index (χ0) is 7.82. The van der Waals surface area contributed by atoms with Gasteiger partial charge in [-0.05, 0) is 12.2 Å². The van der Waals surface area contributed by atoms with Crippen molar-refractivity contribution in [3.05, 3.63) is 0 Å². The first-order valence-electron chi connectivity index (χ1n) is 3.90. The molecule has 0 fully saturated rings. The number of hydrogen-bond donors (Lipinski definition) is 0. The van der Waals surface area contributed by atoms with Crippen LogP contribution in [0.2, 0.25) is 0 Å². The summed E-state index contributed by atoms with van der Waals surface area (Å²) in [4.78, 5) is 10.8. The minimum atomic E-state index is 0.376. The monoisotopic (exact) mass is 160 g/mol. The molecule has 0 saturated carbocycles. The molecule has 10 heavy (non-hydrogen) atoms. The molecule has 0 aliphatic rings. The van der Waals surface area contributed by atoms with Gasteiger partial charge in [0.2, 0.25) is 0 Å². The predicted octanol–water partition coefficient (Wildman–Crippen LogP) is 2.50. The van der Waals surface area contributed by atoms with Gasteiger partial charge in [0.15, 0.2) is 0 Å². The molecule has 60 valence electrons. The number of carbonyl (C=O) groups is 1. The van der Waals surface area contributed by atoms with Crippen LogP contribution in [0.4, 0.5) is 0 Å². The predicted molar refractivity (Wildman–Crippen MR) is 47.5 cm³/mol. The van der Waals surface area contributed by atoms with E-state index in [0.29, 0.717) is 12.2 Å². The molecule has 0 aliphatic carbocycles. The van der Waals surface area contributed by atoms with Gasteiger partial charge in [-0.3, -0.25) is 4.79 Å². The van der Waals surface area contributed by atoms with Crippen LogP contribution in [0.25, 0.3) is 0 Å². The van der Waals surface area contributed by atoms with E-state index in [-0.39, 0.29) is 0 Å². The summed E-state index contributed by atoms with van der Waals surface area (Å²) in [6.07, 6.45) is 3.16. The summed E-state index contributed by atoms with van der Waals surface area (Å²) in [6.45, 7) is 4.09. The van der Waals surface area contributed by atoms with E-state index in [4.69, 9.17) is 0 Å². The first kappa shape index (κ1) is 10.0. The van der Waals surface area contributed by atoms with E-state index in [2.05, 4.69) is 6.92 Å². The number of carbonyl (C=O) groups excluding carboxylic acids is 1. The Morgan fingerprint density at radius 3 is 2.60 bits per heavy atom. The summed E-state index contributed by atoms with van der Waals surface area (Å²) >= 11 is 1.76. The molecule has 0 aromatic carbocycles. The van der Waals surface area contributed by atoms with Crippen LogP contribution in [0, 0.1) is 0 Å². The number of unbranched alkanes of at least 4 members (excludes halogenated alkanes) is 1. The maximum Gasteiger partial charge on any atom is 0.142 e. The maximum absolute atomic E-state index is 10.8. The molecule has 0 aromatic rings. The first-order chi connectivity index (χ1) is 4.81. The van der Waals surface area contributed by atoms with E-state index in [9.17, 15) is 4.79 Å². The second kappa shape index (κ2) is 7.13. The molecule has 1 nitrogen and oxygen atoms in total. The summed E-state index contributed by atoms with van der Waals surface area (Å²) < 4.78 is 0. The molecule has 0 amide bonds. The van der Waals surface area contributed by atoms with Crippen LogP contribution in [0.15, 0.2) is 0 Å². The quantitative estimate of drug-likeness (QED) is 0.555. The molecule has 0 N–H and O–H groups in total. The molecule has 2 heteroatoms. The van der Waals surface area contributed by atoms with Crippen LogP contribution in [0.5, 0.6) is 0 Å². The van der Waals surface area contributed by atoms with E-state index >= 15 is 0 Å². The lowest BCUT2D eigenvalue weighted by atomic mass is 10.4. The Morgan fingerprint density at radius 1 is 1.40 bits per heavy atom. The number of rotatable bonds is 6. The molecular formula is C8H16OS. The molecule has 0 aromatic heterocycles. The summed E-state index contributed by atoms with van der Waals surface area (Å²) in [5, 5.41) is 0. The Bertz CT molecular complexity index is 91.3. The van der Waals surface area contributed by atoms with Crippen molar-refractivity contribution in [3.8, 4) is 0 Å². The highest BCUT2D eigenvalue weighted by atomic mass is 32.2. The van der Waals surface area contributed by atoms with Crippen LogP contribution in [-0.2, 0) is 4.79 Å². The van der Waals surface area contributed by atoms with Gasteiger partial charge in [-0.1, -0.05) is 20.3 Å². The Labute approximate surface area is 67.6 Å². The average molecular weight is 160 g/mol. The van der Waals surface area contributed by atoms with E-state index in [0.717, 1.165) is 11.5 Å². The van der Waals surface area contributed by atoms with Gasteiger partial charge in [0.25, 0.3) is 0 Å². The lowest BCUT2D eigenvalue weighted by Crippen LogP contribution is -1.98. The van der Waals surface area contributed by atoms with Crippen LogP contribution in [-0.4, -0.2) is 17.3 Å². The van der Waals surface area contributed by atoms with Gasteiger partial charge in [-0.2, -0.15) is 11.8 Å². The minimum Gasteiger partial charge on any atom is -0.299 e. The zero-order valence-electron chi connectivity index (χ0n) is 6.85. The Hall–Kier alpha value is 0.0200. The molecular weight excluding hydrogens is 144 g/mol. The molecule has 0 aliphatic heterocycles. The molecule has 0 radical (unpaired) electrons. The molecule has 0 heterocycles. The van der Waals surface area contributed by atoms with Gasteiger partial charge >= 0.3 is 0 Å². The van der Waals surface area contributed by atoms with Gasteiger partial charge in [0.1, 0.15) is 5.78 Å². The van der Waals surface area contributed by atoms with Crippen LogP contribution in [0.1, 0.15) is 33.1 Å². The summed E-state index contributed by atoms with van der Waals surface area (Å²) in [5.74, 6) is 2.24. The van der Waals surface area contributed by atoms with E-state index in [1.54, 1.807) is 11.8 Å². The third-order valence-corrected chi connectivity index (χ3v) is 2.40. The second-order valence-corrected chi connectivity index (χ2v) is 3.40. The molecule has 0 unspecified atom stereocenters. The fourth-order valence-electron chi connectivity index (χ4n) is 0.534. The maximum atomic E-state index is 10.8. The molecule has 0 atom stereocenters. The molecule has 0 spiro atoms. The van der Waals surface area contributed by atoms with Crippen LogP contribution < -0.4 is 0 Å². The Kier molecular flexibility index (Phi) is 7.15. The fraction of sp³-hybridized carbons (Fsp3) is 0.875. The summed E-state index contributed by atoms with van der Waals surface area (Å²) in [7, 11) is 0. The highest BCUT2D eigenvalue weighted by Gasteiger charge is 1.96. The summed E-state index contributed by atoms with van der Waals surface area (Å²) in [5.41, 5.74) is 0. The minimum absolute atomic E-state index is 0.376. The number of Topliss-reactive ketones (excluding diaryl/α,β-unsaturated/α-hetero) is 1. The van der Waals surface area contributed by atoms with Crippen molar-refractivity contribution in [2.24, 2.45) is 0 Å². The van der Waals surface area contributed by atoms with Crippen molar-refractivity contribution >= 4 is 17.5 Å². The fourth-order valence-corrected chi connectivity index (χ4v) is 1.60. The highest BCUT2D eigenvalue weighted by Crippen LogP contribution is 2.04. The molecule has 0 saturated heterocycles. The third-order valence-electron chi connectivity index (χ3n) is 1.30. The smallest absolute Gasteiger partial charge is 0.142 e. The van der Waals surface area contributed by atoms with Gasteiger partial charge in [0, 0.05) is 6.42 Å². The van der Waals surface area contributed by atoms with Gasteiger partial charge in [-0.15, -0.1) is 0 Å². The highest BCUT2D eigenvalue weighted by molar-refractivity contribution is 7.99. The first-order valence-corrected chi connectivity index (χ1v) is 5.06. The normalized spacial score (nSPS) is 9.80. The standard InChI is InChI=1S/C8H16OS/c1-3-5-6-10-7-8(9)4-2/h3-7H2,1-2H3. The lowest BCUT2D eigenvalue weighted by Gasteiger charge is -1.96. The number of ketones is 1. The van der Waals surface area contributed by atoms with E-state index in [1.165, 1.54) is 12.8 Å². The van der Waals surface area contributed by atoms with Crippen LogP contribution in [0.3, 0.4) is 0 Å². The van der Waals surface area contributed by atoms with Crippen LogP contribution >= 0.6 is 11.8 Å². The van der Waals surface area contributed by atoms with E-state index < -0.39 is 0 Å². The largest absolute Gasteiger partial charge is 0.299 e. The summed E-state index contributed by atoms with van der Waals surface area (Å²) in [6, 6.07) is 0. The van der Waals surface area contributed by atoms with Crippen molar-refractivity contribution in [1.82, 2.24) is 0 Å². The Morgan fingerprint density at radius 2 is 2.10 bits per heavy atom. The molecule has 0 bridgehead atoms. The SMILES string of the molecule is CCCCSCC(=O)CC. The van der Waals surface area contributed by atoms with E-state index in [1.807, 2.05) is 6.92 Å². The number of thioether (sulfide) groups is 1. The van der Waals surface area contributed by atoms with Gasteiger partial charge in [0.05, 0.1) is 5.75 Å². The topological polar surface area (TPSA) is 17.1 Å². The van der Waals surface area contributed by atoms with Gasteiger partial charge < -0.3 is 0 Å². The van der Waals surface area contributed by atoms with Crippen molar-refractivity contribution in [3.63, 3.8) is 0 Å². The molecule has 0 rings (SSSR count). The Balaban J connectivity index is 2.96. The second-order valence-electron chi connectivity index (χ2n) is 2.30. The van der Waals surface area contributed by atoms with Gasteiger partial charge in [-0.25, -0.2) is 0 Å². The van der Waals surface area contributed by atoms with Crippen molar-refractivity contribution in [2.45, 2.75) is 33.1 Å². The van der Waals surface area contributed by atoms with Crippen molar-refractivity contribution in [2.75, 3.05) is 11.5 Å². The zero-order valence-corrected chi connectivity index (χ0v) is 7.67. The third kappa shape index (κ3) is 6.14. The average Bonchev–Trinajstić information content (AvgIpc) is 1.98. The van der Waals surface area contributed by atoms with Crippen molar-refractivity contribution < 1.29 is 4.79 Å². The van der Waals surface area contributed by atoms with Crippen molar-refractivity contribution in [1.29, 1.82) is 0 Å². The lowest BCUT2D eigenvalue weighted by molar-refractivity contribution is -0.116. The number of hydrogen-bond acceptors (Lipinski definition) is 2.